The molecule has 11 heteroatoms. The Hall–Kier alpha value is -3.86. The summed E-state index contributed by atoms with van der Waals surface area (Å²) in [6.07, 6.45) is 3.12. The third-order valence-corrected chi connectivity index (χ3v) is 5.34. The number of benzene rings is 1. The standard InChI is InChI=1S/C22H23FN6O4/c1-26(2)21(30)17-5-4-16(11-18(17)23)19-6-3-15(12-24-19)13-27-7-8-28-14-20(29(31)32)25-22(28)33-10-9-27/h3-6,11-12,14H,7-10,13H2,1-2H3. The number of nitro groups is 1. The van der Waals surface area contributed by atoms with Crippen molar-refractivity contribution in [3.8, 4) is 17.3 Å². The second kappa shape index (κ2) is 9.33. The number of imidazole rings is 1. The molecule has 0 radical (unpaired) electrons. The van der Waals surface area contributed by atoms with Gasteiger partial charge in [0.25, 0.3) is 5.91 Å². The van der Waals surface area contributed by atoms with Gasteiger partial charge in [0.05, 0.1) is 11.3 Å². The summed E-state index contributed by atoms with van der Waals surface area (Å²) in [6, 6.07) is 8.47. The van der Waals surface area contributed by atoms with E-state index in [1.807, 2.05) is 12.1 Å². The number of halogens is 1. The van der Waals surface area contributed by atoms with Gasteiger partial charge in [-0.3, -0.25) is 19.2 Å². The molecule has 0 saturated heterocycles. The number of hydrogen-bond donors (Lipinski definition) is 0. The van der Waals surface area contributed by atoms with Crippen LogP contribution in [0.25, 0.3) is 11.3 Å². The lowest BCUT2D eigenvalue weighted by molar-refractivity contribution is -0.389. The fourth-order valence-electron chi connectivity index (χ4n) is 3.57. The molecule has 4 rings (SSSR count). The van der Waals surface area contributed by atoms with Crippen molar-refractivity contribution < 1.29 is 18.8 Å². The summed E-state index contributed by atoms with van der Waals surface area (Å²) in [4.78, 5) is 34.3. The molecule has 1 aromatic carbocycles. The summed E-state index contributed by atoms with van der Waals surface area (Å²) in [6.45, 7) is 2.79. The van der Waals surface area contributed by atoms with E-state index >= 15 is 0 Å². The van der Waals surface area contributed by atoms with Crippen molar-refractivity contribution in [2.75, 3.05) is 33.8 Å². The van der Waals surface area contributed by atoms with E-state index in [1.165, 1.54) is 23.2 Å². The average Bonchev–Trinajstić information content (AvgIpc) is 3.18. The Morgan fingerprint density at radius 2 is 2.06 bits per heavy atom. The first kappa shape index (κ1) is 22.3. The van der Waals surface area contributed by atoms with Crippen LogP contribution in [-0.2, 0) is 13.1 Å². The maximum Gasteiger partial charge on any atom is 0.414 e. The van der Waals surface area contributed by atoms with Crippen LogP contribution in [0.5, 0.6) is 6.01 Å². The number of amides is 1. The van der Waals surface area contributed by atoms with Crippen LogP contribution in [0.2, 0.25) is 0 Å². The van der Waals surface area contributed by atoms with E-state index in [2.05, 4.69) is 14.9 Å². The molecule has 0 atom stereocenters. The summed E-state index contributed by atoms with van der Waals surface area (Å²) in [7, 11) is 3.15. The quantitative estimate of drug-likeness (QED) is 0.431. The third kappa shape index (κ3) is 4.98. The molecule has 0 bridgehead atoms. The topological polar surface area (TPSA) is 107 Å². The Labute approximate surface area is 189 Å². The minimum atomic E-state index is -0.586. The molecule has 3 heterocycles. The van der Waals surface area contributed by atoms with Gasteiger partial charge in [-0.2, -0.15) is 0 Å². The molecule has 172 valence electrons. The van der Waals surface area contributed by atoms with Crippen LogP contribution in [0.1, 0.15) is 15.9 Å². The van der Waals surface area contributed by atoms with Crippen LogP contribution in [-0.4, -0.2) is 69.0 Å². The number of aromatic nitrogens is 3. The normalized spacial score (nSPS) is 14.0. The highest BCUT2D eigenvalue weighted by atomic mass is 19.1. The van der Waals surface area contributed by atoms with Gasteiger partial charge in [0.2, 0.25) is 0 Å². The maximum atomic E-state index is 14.4. The smallest absolute Gasteiger partial charge is 0.414 e. The predicted octanol–water partition coefficient (Wildman–Crippen LogP) is 2.59. The summed E-state index contributed by atoms with van der Waals surface area (Å²) >= 11 is 0. The van der Waals surface area contributed by atoms with Crippen LogP contribution < -0.4 is 4.74 Å². The zero-order valence-electron chi connectivity index (χ0n) is 18.3. The highest BCUT2D eigenvalue weighted by molar-refractivity contribution is 5.94. The van der Waals surface area contributed by atoms with Gasteiger partial charge in [0.1, 0.15) is 18.6 Å². The van der Waals surface area contributed by atoms with Crippen molar-refractivity contribution >= 4 is 11.7 Å². The van der Waals surface area contributed by atoms with E-state index in [9.17, 15) is 19.3 Å². The Morgan fingerprint density at radius 3 is 2.73 bits per heavy atom. The molecular formula is C22H23FN6O4. The molecule has 0 saturated carbocycles. The Morgan fingerprint density at radius 1 is 1.24 bits per heavy atom. The van der Waals surface area contributed by atoms with E-state index in [0.29, 0.717) is 44.0 Å². The fourth-order valence-corrected chi connectivity index (χ4v) is 3.57. The number of ether oxygens (including phenoxy) is 1. The van der Waals surface area contributed by atoms with Crippen LogP contribution >= 0.6 is 0 Å². The molecule has 0 spiro atoms. The Bertz CT molecular complexity index is 1180. The Kier molecular flexibility index (Phi) is 6.31. The van der Waals surface area contributed by atoms with Crippen molar-refractivity contribution in [3.05, 3.63) is 69.8 Å². The fraction of sp³-hybridized carbons (Fsp3) is 0.318. The van der Waals surface area contributed by atoms with Crippen molar-refractivity contribution in [3.63, 3.8) is 0 Å². The van der Waals surface area contributed by atoms with Gasteiger partial charge in [-0.1, -0.05) is 12.1 Å². The van der Waals surface area contributed by atoms with Gasteiger partial charge in [-0.15, -0.1) is 0 Å². The van der Waals surface area contributed by atoms with Crippen LogP contribution in [0.15, 0.2) is 42.7 Å². The second-order valence-electron chi connectivity index (χ2n) is 7.90. The SMILES string of the molecule is CN(C)C(=O)c1ccc(-c2ccc(CN3CCOc4nc([N+](=O)[O-])cn4CC3)cn2)cc1F. The number of rotatable bonds is 5. The summed E-state index contributed by atoms with van der Waals surface area (Å²) < 4.78 is 21.6. The highest BCUT2D eigenvalue weighted by Gasteiger charge is 2.23. The first-order valence-corrected chi connectivity index (χ1v) is 10.3. The maximum absolute atomic E-state index is 14.4. The molecule has 3 aromatic rings. The van der Waals surface area contributed by atoms with Gasteiger partial charge in [-0.25, -0.2) is 4.39 Å². The molecule has 0 aliphatic carbocycles. The average molecular weight is 454 g/mol. The molecule has 33 heavy (non-hydrogen) atoms. The first-order valence-electron chi connectivity index (χ1n) is 10.3. The second-order valence-corrected chi connectivity index (χ2v) is 7.90. The van der Waals surface area contributed by atoms with Crippen LogP contribution in [0.4, 0.5) is 10.2 Å². The first-order chi connectivity index (χ1) is 15.8. The zero-order chi connectivity index (χ0) is 23.5. The molecule has 0 unspecified atom stereocenters. The molecule has 2 aromatic heterocycles. The number of nitrogens with zero attached hydrogens (tertiary/aromatic N) is 6. The van der Waals surface area contributed by atoms with Gasteiger partial charge in [0.15, 0.2) is 0 Å². The third-order valence-electron chi connectivity index (χ3n) is 5.34. The minimum absolute atomic E-state index is 0.0195. The van der Waals surface area contributed by atoms with E-state index in [1.54, 1.807) is 30.9 Å². The van der Waals surface area contributed by atoms with Crippen molar-refractivity contribution in [1.82, 2.24) is 24.3 Å². The molecule has 1 aliphatic rings. The van der Waals surface area contributed by atoms with Gasteiger partial charge in [-0.05, 0) is 28.7 Å². The molecular weight excluding hydrogens is 431 g/mol. The minimum Gasteiger partial charge on any atom is -0.444 e. The lowest BCUT2D eigenvalue weighted by atomic mass is 10.1. The summed E-state index contributed by atoms with van der Waals surface area (Å²) in [5.74, 6) is -1.21. The number of hydrogen-bond acceptors (Lipinski definition) is 7. The number of pyridine rings is 1. The number of carbonyl (C=O) groups is 1. The van der Waals surface area contributed by atoms with E-state index in [4.69, 9.17) is 4.74 Å². The number of carbonyl (C=O) groups excluding carboxylic acids is 1. The van der Waals surface area contributed by atoms with E-state index < -0.39 is 16.6 Å². The zero-order valence-corrected chi connectivity index (χ0v) is 18.3. The summed E-state index contributed by atoms with van der Waals surface area (Å²) in [5, 5.41) is 10.9. The number of fused-ring (bicyclic) bond motifs is 1. The largest absolute Gasteiger partial charge is 0.444 e. The summed E-state index contributed by atoms with van der Waals surface area (Å²) in [5.41, 5.74) is 2.18. The van der Waals surface area contributed by atoms with E-state index in [-0.39, 0.29) is 17.4 Å². The predicted molar refractivity (Wildman–Crippen MR) is 117 cm³/mol. The van der Waals surface area contributed by atoms with Gasteiger partial charge >= 0.3 is 11.8 Å². The molecule has 1 aliphatic heterocycles. The van der Waals surface area contributed by atoms with Crippen LogP contribution in [0, 0.1) is 15.9 Å². The van der Waals surface area contributed by atoms with Crippen LogP contribution in [0.3, 0.4) is 0 Å². The lowest BCUT2D eigenvalue weighted by Gasteiger charge is -2.24. The molecule has 0 fully saturated rings. The van der Waals surface area contributed by atoms with Gasteiger partial charge < -0.3 is 19.8 Å². The van der Waals surface area contributed by atoms with Crippen molar-refractivity contribution in [1.29, 1.82) is 0 Å². The molecule has 1 amide bonds. The van der Waals surface area contributed by atoms with Crippen molar-refractivity contribution in [2.45, 2.75) is 13.1 Å². The molecule has 10 nitrogen and oxygen atoms in total. The highest BCUT2D eigenvalue weighted by Crippen LogP contribution is 2.22. The molecule has 0 N–H and O–H groups in total. The Balaban J connectivity index is 1.42. The van der Waals surface area contributed by atoms with E-state index in [0.717, 1.165) is 5.56 Å². The van der Waals surface area contributed by atoms with Crippen molar-refractivity contribution in [2.24, 2.45) is 0 Å². The lowest BCUT2D eigenvalue weighted by Crippen LogP contribution is -2.33. The van der Waals surface area contributed by atoms with Gasteiger partial charge in [0, 0.05) is 57.0 Å². The monoisotopic (exact) mass is 454 g/mol.